The largest absolute Gasteiger partial charge is 0.339 e. The molecule has 0 atom stereocenters. The lowest BCUT2D eigenvalue weighted by molar-refractivity contribution is 0.0724. The Morgan fingerprint density at radius 1 is 0.795 bits per heavy atom. The number of hydrogen-bond donors (Lipinski definition) is 0. The topological polar surface area (TPSA) is 73.0 Å². The normalized spacial score (nSPS) is 13.7. The molecule has 3 aromatic carbocycles. The van der Waals surface area contributed by atoms with E-state index in [1.807, 2.05) is 17.0 Å². The van der Waals surface area contributed by atoms with Gasteiger partial charge in [-0.2, -0.15) is 5.10 Å². The van der Waals surface area contributed by atoms with Crippen molar-refractivity contribution >= 4 is 51.7 Å². The van der Waals surface area contributed by atoms with Crippen LogP contribution >= 0.6 is 34.8 Å². The summed E-state index contributed by atoms with van der Waals surface area (Å²) in [6.45, 7) is 1.56. The van der Waals surface area contributed by atoms with Crippen LogP contribution in [0.1, 0.15) is 29.6 Å². The monoisotopic (exact) mass is 577 g/mol. The van der Waals surface area contributed by atoms with E-state index in [4.69, 9.17) is 39.8 Å². The Bertz CT molecular complexity index is 1760. The van der Waals surface area contributed by atoms with E-state index in [1.54, 1.807) is 59.3 Å². The predicted molar refractivity (Wildman–Crippen MR) is 155 cm³/mol. The summed E-state index contributed by atoms with van der Waals surface area (Å²) in [6.07, 6.45) is 4.72. The number of halogens is 3. The van der Waals surface area contributed by atoms with Gasteiger partial charge in [-0.1, -0.05) is 34.8 Å². The van der Waals surface area contributed by atoms with Crippen molar-refractivity contribution in [2.45, 2.75) is 19.3 Å². The molecule has 1 aliphatic heterocycles. The third-order valence-corrected chi connectivity index (χ3v) is 7.66. The standard InChI is InChI=1S/C29H22Cl3N5O2/c30-19-6-11-21(12-7-19)36-26(23-13-8-20(31)16-25(23)32)34-27-24(29(36)39)17-33-37(27)22-9-4-18(5-10-22)28(38)35-14-2-1-3-15-35/h4-13,16-17H,1-3,14-15H2. The van der Waals surface area contributed by atoms with Crippen LogP contribution in [0.3, 0.4) is 0 Å². The van der Waals surface area contributed by atoms with Crippen molar-refractivity contribution in [2.75, 3.05) is 13.1 Å². The highest BCUT2D eigenvalue weighted by Crippen LogP contribution is 2.31. The molecule has 39 heavy (non-hydrogen) atoms. The molecule has 0 aliphatic carbocycles. The number of likely N-dealkylation sites (tertiary alicyclic amines) is 1. The van der Waals surface area contributed by atoms with Gasteiger partial charge < -0.3 is 4.90 Å². The lowest BCUT2D eigenvalue weighted by atomic mass is 10.1. The van der Waals surface area contributed by atoms with Crippen molar-refractivity contribution < 1.29 is 4.79 Å². The van der Waals surface area contributed by atoms with Crippen LogP contribution in [0.25, 0.3) is 33.8 Å². The summed E-state index contributed by atoms with van der Waals surface area (Å²) in [5.74, 6) is 0.352. The molecule has 1 amide bonds. The van der Waals surface area contributed by atoms with E-state index in [2.05, 4.69) is 5.10 Å². The Labute approximate surface area is 239 Å². The van der Waals surface area contributed by atoms with Gasteiger partial charge in [-0.05, 0) is 86.0 Å². The Morgan fingerprint density at radius 3 is 2.15 bits per heavy atom. The summed E-state index contributed by atoms with van der Waals surface area (Å²) in [5, 5.41) is 6.17. The smallest absolute Gasteiger partial charge is 0.269 e. The highest BCUT2D eigenvalue weighted by Gasteiger charge is 2.21. The number of rotatable bonds is 4. The van der Waals surface area contributed by atoms with Crippen LogP contribution in [0.15, 0.2) is 77.7 Å². The SMILES string of the molecule is O=C(c1ccc(-n2ncc3c(=O)n(-c4ccc(Cl)cc4)c(-c4ccc(Cl)cc4Cl)nc32)cc1)N1CCCCC1. The van der Waals surface area contributed by atoms with Gasteiger partial charge in [-0.15, -0.1) is 0 Å². The second-order valence-corrected chi connectivity index (χ2v) is 10.7. The van der Waals surface area contributed by atoms with E-state index >= 15 is 0 Å². The number of nitrogens with zero attached hydrogens (tertiary/aromatic N) is 5. The number of carbonyl (C=O) groups excluding carboxylic acids is 1. The van der Waals surface area contributed by atoms with Crippen molar-refractivity contribution in [2.24, 2.45) is 0 Å². The van der Waals surface area contributed by atoms with E-state index < -0.39 is 0 Å². The first kappa shape index (κ1) is 25.6. The number of aromatic nitrogens is 4. The molecule has 0 radical (unpaired) electrons. The molecule has 7 nitrogen and oxygen atoms in total. The zero-order valence-electron chi connectivity index (χ0n) is 20.7. The minimum absolute atomic E-state index is 0.0233. The summed E-state index contributed by atoms with van der Waals surface area (Å²) >= 11 is 18.8. The summed E-state index contributed by atoms with van der Waals surface area (Å²) in [4.78, 5) is 33.6. The summed E-state index contributed by atoms with van der Waals surface area (Å²) in [6, 6.07) is 19.1. The average Bonchev–Trinajstić information content (AvgIpc) is 3.38. The fourth-order valence-electron chi connectivity index (χ4n) is 4.86. The first-order valence-corrected chi connectivity index (χ1v) is 13.7. The van der Waals surface area contributed by atoms with Crippen LogP contribution < -0.4 is 5.56 Å². The van der Waals surface area contributed by atoms with Gasteiger partial charge in [0.25, 0.3) is 11.5 Å². The Balaban J connectivity index is 1.49. The van der Waals surface area contributed by atoms with Crippen LogP contribution in [-0.2, 0) is 0 Å². The minimum Gasteiger partial charge on any atom is -0.339 e. The van der Waals surface area contributed by atoms with E-state index in [0.717, 1.165) is 32.4 Å². The van der Waals surface area contributed by atoms with Crippen molar-refractivity contribution in [3.63, 3.8) is 0 Å². The molecule has 0 unspecified atom stereocenters. The predicted octanol–water partition coefficient (Wildman–Crippen LogP) is 6.82. The fourth-order valence-corrected chi connectivity index (χ4v) is 5.48. The van der Waals surface area contributed by atoms with Crippen LogP contribution in [0, 0.1) is 0 Å². The van der Waals surface area contributed by atoms with E-state index in [1.165, 1.54) is 10.8 Å². The lowest BCUT2D eigenvalue weighted by Gasteiger charge is -2.26. The van der Waals surface area contributed by atoms with Gasteiger partial charge in [-0.25, -0.2) is 9.67 Å². The third kappa shape index (κ3) is 4.82. The molecular weight excluding hydrogens is 557 g/mol. The zero-order chi connectivity index (χ0) is 27.1. The van der Waals surface area contributed by atoms with Crippen LogP contribution in [0.2, 0.25) is 15.1 Å². The van der Waals surface area contributed by atoms with E-state index in [9.17, 15) is 9.59 Å². The number of amides is 1. The third-order valence-electron chi connectivity index (χ3n) is 6.86. The van der Waals surface area contributed by atoms with Gasteiger partial charge in [0.05, 0.1) is 22.6 Å². The minimum atomic E-state index is -0.313. The van der Waals surface area contributed by atoms with Gasteiger partial charge in [0.2, 0.25) is 0 Å². The molecule has 2 aromatic heterocycles. The molecule has 1 aliphatic rings. The Kier molecular flexibility index (Phi) is 6.89. The number of hydrogen-bond acceptors (Lipinski definition) is 4. The fraction of sp³-hybridized carbons (Fsp3) is 0.172. The average molecular weight is 579 g/mol. The molecule has 0 N–H and O–H groups in total. The molecular formula is C29H22Cl3N5O2. The van der Waals surface area contributed by atoms with Gasteiger partial charge in [-0.3, -0.25) is 14.2 Å². The number of fused-ring (bicyclic) bond motifs is 1. The maximum absolute atomic E-state index is 13.9. The van der Waals surface area contributed by atoms with Crippen molar-refractivity contribution in [3.05, 3.63) is 104 Å². The number of piperidine rings is 1. The summed E-state index contributed by atoms with van der Waals surface area (Å²) < 4.78 is 3.07. The highest BCUT2D eigenvalue weighted by molar-refractivity contribution is 6.36. The van der Waals surface area contributed by atoms with E-state index in [0.29, 0.717) is 54.4 Å². The maximum atomic E-state index is 13.9. The van der Waals surface area contributed by atoms with Gasteiger partial charge in [0.1, 0.15) is 5.39 Å². The maximum Gasteiger partial charge on any atom is 0.269 e. The quantitative estimate of drug-likeness (QED) is 0.234. The Morgan fingerprint density at radius 2 is 1.46 bits per heavy atom. The molecule has 6 rings (SSSR count). The van der Waals surface area contributed by atoms with Crippen LogP contribution in [0.5, 0.6) is 0 Å². The first-order chi connectivity index (χ1) is 18.9. The highest BCUT2D eigenvalue weighted by atomic mass is 35.5. The molecule has 1 saturated heterocycles. The van der Waals surface area contributed by atoms with Crippen molar-refractivity contribution in [1.29, 1.82) is 0 Å². The van der Waals surface area contributed by atoms with Crippen molar-refractivity contribution in [1.82, 2.24) is 24.2 Å². The Hall–Kier alpha value is -3.65. The zero-order valence-corrected chi connectivity index (χ0v) is 22.9. The molecule has 10 heteroatoms. The number of carbonyl (C=O) groups is 1. The van der Waals surface area contributed by atoms with Gasteiger partial charge in [0, 0.05) is 34.3 Å². The van der Waals surface area contributed by atoms with E-state index in [-0.39, 0.29) is 11.5 Å². The first-order valence-electron chi connectivity index (χ1n) is 12.5. The van der Waals surface area contributed by atoms with Crippen LogP contribution in [0.4, 0.5) is 0 Å². The summed E-state index contributed by atoms with van der Waals surface area (Å²) in [5.41, 5.74) is 2.44. The second kappa shape index (κ2) is 10.5. The lowest BCUT2D eigenvalue weighted by Crippen LogP contribution is -2.35. The molecule has 3 heterocycles. The van der Waals surface area contributed by atoms with Gasteiger partial charge >= 0.3 is 0 Å². The molecule has 0 bridgehead atoms. The molecule has 1 fully saturated rings. The van der Waals surface area contributed by atoms with Crippen molar-refractivity contribution in [3.8, 4) is 22.8 Å². The summed E-state index contributed by atoms with van der Waals surface area (Å²) in [7, 11) is 0. The van der Waals surface area contributed by atoms with Gasteiger partial charge in [0.15, 0.2) is 11.5 Å². The van der Waals surface area contributed by atoms with Crippen LogP contribution in [-0.4, -0.2) is 43.2 Å². The second-order valence-electron chi connectivity index (χ2n) is 9.37. The molecule has 0 spiro atoms. The molecule has 196 valence electrons. The number of benzene rings is 3. The molecule has 0 saturated carbocycles. The molecule has 5 aromatic rings.